The second-order valence-corrected chi connectivity index (χ2v) is 3.88. The van der Waals surface area contributed by atoms with Crippen LogP contribution in [-0.2, 0) is 0 Å². The average Bonchev–Trinajstić information content (AvgIpc) is 2.32. The summed E-state index contributed by atoms with van der Waals surface area (Å²) in [6.45, 7) is 11.9. The third-order valence-electron chi connectivity index (χ3n) is 2.56. The number of likely N-dealkylation sites (tertiary alicyclic amines) is 1. The second kappa shape index (κ2) is 3.29. The van der Waals surface area contributed by atoms with E-state index in [-0.39, 0.29) is 0 Å². The van der Waals surface area contributed by atoms with E-state index in [1.165, 1.54) is 25.1 Å². The highest BCUT2D eigenvalue weighted by molar-refractivity contribution is 4.97. The molecule has 1 heterocycles. The third kappa shape index (κ3) is 1.76. The SMILES string of the molecule is C=C(C)N1CCCC1C(C)C. The predicted octanol–water partition coefficient (Wildman–Crippen LogP) is 2.64. The molecule has 0 spiro atoms. The van der Waals surface area contributed by atoms with E-state index in [2.05, 4.69) is 32.3 Å². The van der Waals surface area contributed by atoms with E-state index >= 15 is 0 Å². The molecule has 0 radical (unpaired) electrons. The van der Waals surface area contributed by atoms with Gasteiger partial charge in [0.1, 0.15) is 0 Å². The van der Waals surface area contributed by atoms with Gasteiger partial charge in [0.05, 0.1) is 0 Å². The summed E-state index contributed by atoms with van der Waals surface area (Å²) in [6.07, 6.45) is 2.69. The first-order valence-corrected chi connectivity index (χ1v) is 4.55. The summed E-state index contributed by atoms with van der Waals surface area (Å²) < 4.78 is 0. The Labute approximate surface area is 70.1 Å². The summed E-state index contributed by atoms with van der Waals surface area (Å²) in [7, 11) is 0. The normalized spacial score (nSPS) is 24.7. The molecule has 11 heavy (non-hydrogen) atoms. The number of nitrogens with zero attached hydrogens (tertiary/aromatic N) is 1. The van der Waals surface area contributed by atoms with Crippen molar-refractivity contribution in [2.45, 2.75) is 39.7 Å². The van der Waals surface area contributed by atoms with Gasteiger partial charge in [0.2, 0.25) is 0 Å². The van der Waals surface area contributed by atoms with Crippen molar-refractivity contribution in [3.05, 3.63) is 12.3 Å². The summed E-state index contributed by atoms with van der Waals surface area (Å²) in [6, 6.07) is 0.757. The lowest BCUT2D eigenvalue weighted by molar-refractivity contribution is 0.260. The van der Waals surface area contributed by atoms with Crippen LogP contribution in [0.4, 0.5) is 0 Å². The van der Waals surface area contributed by atoms with Gasteiger partial charge in [-0.3, -0.25) is 0 Å². The summed E-state index contributed by atoms with van der Waals surface area (Å²) >= 11 is 0. The van der Waals surface area contributed by atoms with Crippen molar-refractivity contribution in [3.8, 4) is 0 Å². The fourth-order valence-electron chi connectivity index (χ4n) is 1.96. The van der Waals surface area contributed by atoms with Gasteiger partial charge in [-0.15, -0.1) is 0 Å². The van der Waals surface area contributed by atoms with E-state index in [0.717, 1.165) is 12.0 Å². The Morgan fingerprint density at radius 2 is 2.18 bits per heavy atom. The van der Waals surface area contributed by atoms with Crippen molar-refractivity contribution >= 4 is 0 Å². The molecule has 1 heteroatoms. The molecule has 0 N–H and O–H groups in total. The van der Waals surface area contributed by atoms with E-state index in [9.17, 15) is 0 Å². The Hall–Kier alpha value is -0.460. The van der Waals surface area contributed by atoms with E-state index in [0.29, 0.717) is 0 Å². The molecule has 1 aliphatic rings. The molecule has 0 aromatic carbocycles. The Kier molecular flexibility index (Phi) is 2.58. The van der Waals surface area contributed by atoms with Crippen LogP contribution in [0, 0.1) is 5.92 Å². The Bertz CT molecular complexity index is 149. The van der Waals surface area contributed by atoms with Crippen LogP contribution in [0.1, 0.15) is 33.6 Å². The minimum absolute atomic E-state index is 0.757. The van der Waals surface area contributed by atoms with E-state index in [1.54, 1.807) is 0 Å². The highest BCUT2D eigenvalue weighted by atomic mass is 15.2. The maximum absolute atomic E-state index is 4.00. The monoisotopic (exact) mass is 153 g/mol. The lowest BCUT2D eigenvalue weighted by Gasteiger charge is -2.29. The number of hydrogen-bond acceptors (Lipinski definition) is 1. The molecular formula is C10H19N. The van der Waals surface area contributed by atoms with Crippen LogP contribution < -0.4 is 0 Å². The molecule has 1 unspecified atom stereocenters. The molecule has 64 valence electrons. The number of rotatable bonds is 2. The molecule has 1 saturated heterocycles. The van der Waals surface area contributed by atoms with Crippen molar-refractivity contribution in [3.63, 3.8) is 0 Å². The minimum atomic E-state index is 0.757. The van der Waals surface area contributed by atoms with Gasteiger partial charge in [-0.2, -0.15) is 0 Å². The number of hydrogen-bond donors (Lipinski definition) is 0. The highest BCUT2D eigenvalue weighted by Gasteiger charge is 2.25. The molecule has 1 fully saturated rings. The van der Waals surface area contributed by atoms with Crippen LogP contribution in [0.3, 0.4) is 0 Å². The standard InChI is InChI=1S/C10H19N/c1-8(2)10-6-5-7-11(10)9(3)4/h8,10H,3,5-7H2,1-2,4H3. The van der Waals surface area contributed by atoms with E-state index in [1.807, 2.05) is 0 Å². The molecule has 1 rings (SSSR count). The molecule has 0 aromatic heterocycles. The predicted molar refractivity (Wildman–Crippen MR) is 49.4 cm³/mol. The Morgan fingerprint density at radius 1 is 1.55 bits per heavy atom. The van der Waals surface area contributed by atoms with Gasteiger partial charge in [-0.1, -0.05) is 20.4 Å². The zero-order chi connectivity index (χ0) is 8.43. The smallest absolute Gasteiger partial charge is 0.0310 e. The van der Waals surface area contributed by atoms with Gasteiger partial charge in [-0.05, 0) is 25.7 Å². The van der Waals surface area contributed by atoms with Crippen molar-refractivity contribution in [1.29, 1.82) is 0 Å². The van der Waals surface area contributed by atoms with Crippen LogP contribution >= 0.6 is 0 Å². The van der Waals surface area contributed by atoms with Gasteiger partial charge in [0.25, 0.3) is 0 Å². The largest absolute Gasteiger partial charge is 0.372 e. The molecule has 0 saturated carbocycles. The van der Waals surface area contributed by atoms with Crippen LogP contribution in [0.2, 0.25) is 0 Å². The first-order valence-electron chi connectivity index (χ1n) is 4.55. The van der Waals surface area contributed by atoms with Gasteiger partial charge in [-0.25, -0.2) is 0 Å². The molecule has 1 atom stereocenters. The van der Waals surface area contributed by atoms with E-state index in [4.69, 9.17) is 0 Å². The van der Waals surface area contributed by atoms with Crippen LogP contribution in [0.25, 0.3) is 0 Å². The molecular weight excluding hydrogens is 134 g/mol. The fourth-order valence-corrected chi connectivity index (χ4v) is 1.96. The average molecular weight is 153 g/mol. The topological polar surface area (TPSA) is 3.24 Å². The zero-order valence-electron chi connectivity index (χ0n) is 7.93. The number of allylic oxidation sites excluding steroid dienone is 1. The van der Waals surface area contributed by atoms with Crippen molar-refractivity contribution in [2.24, 2.45) is 5.92 Å². The molecule has 0 amide bonds. The van der Waals surface area contributed by atoms with Gasteiger partial charge >= 0.3 is 0 Å². The molecule has 0 bridgehead atoms. The van der Waals surface area contributed by atoms with Gasteiger partial charge < -0.3 is 4.90 Å². The zero-order valence-corrected chi connectivity index (χ0v) is 7.93. The van der Waals surface area contributed by atoms with Gasteiger partial charge in [0.15, 0.2) is 0 Å². The third-order valence-corrected chi connectivity index (χ3v) is 2.56. The summed E-state index contributed by atoms with van der Waals surface area (Å²) in [5.41, 5.74) is 1.24. The minimum Gasteiger partial charge on any atom is -0.372 e. The molecule has 0 aromatic rings. The highest BCUT2D eigenvalue weighted by Crippen LogP contribution is 2.26. The van der Waals surface area contributed by atoms with Crippen LogP contribution in [0.5, 0.6) is 0 Å². The van der Waals surface area contributed by atoms with Crippen molar-refractivity contribution in [1.82, 2.24) is 4.90 Å². The second-order valence-electron chi connectivity index (χ2n) is 3.88. The lowest BCUT2D eigenvalue weighted by atomic mass is 10.0. The molecule has 1 aliphatic heterocycles. The molecule has 0 aliphatic carbocycles. The summed E-state index contributed by atoms with van der Waals surface area (Å²) in [5.74, 6) is 0.772. The maximum atomic E-state index is 4.00. The first kappa shape index (κ1) is 8.63. The van der Waals surface area contributed by atoms with Crippen molar-refractivity contribution < 1.29 is 0 Å². The van der Waals surface area contributed by atoms with Crippen LogP contribution in [-0.4, -0.2) is 17.5 Å². The maximum Gasteiger partial charge on any atom is 0.0310 e. The summed E-state index contributed by atoms with van der Waals surface area (Å²) in [4.78, 5) is 2.45. The van der Waals surface area contributed by atoms with Gasteiger partial charge in [0, 0.05) is 18.3 Å². The Balaban J connectivity index is 2.58. The Morgan fingerprint density at radius 3 is 2.55 bits per heavy atom. The molecule has 1 nitrogen and oxygen atoms in total. The van der Waals surface area contributed by atoms with E-state index < -0.39 is 0 Å². The first-order chi connectivity index (χ1) is 5.13. The fraction of sp³-hybridized carbons (Fsp3) is 0.800. The van der Waals surface area contributed by atoms with Crippen LogP contribution in [0.15, 0.2) is 12.3 Å². The van der Waals surface area contributed by atoms with Crippen molar-refractivity contribution in [2.75, 3.05) is 6.54 Å². The lowest BCUT2D eigenvalue weighted by Crippen LogP contribution is -2.31. The quantitative estimate of drug-likeness (QED) is 0.589. The summed E-state index contributed by atoms with van der Waals surface area (Å²) in [5, 5.41) is 0.